The van der Waals surface area contributed by atoms with Crippen LogP contribution < -0.4 is 11.5 Å². The zero-order valence-corrected chi connectivity index (χ0v) is 8.73. The Morgan fingerprint density at radius 1 is 0.857 bits per heavy atom. The molecule has 0 spiro atoms. The second kappa shape index (κ2) is 3.93. The highest BCUT2D eigenvalue weighted by Crippen LogP contribution is 2.39. The number of hydrogen-bond acceptors (Lipinski definition) is 6. The maximum Gasteiger partial charge on any atom is 0.173 e. The molecule has 14 heavy (non-hydrogen) atoms. The monoisotopic (exact) mass is 228 g/mol. The SMILES string of the molecule is Nc1coc(SSc2cc(N)co2)c1. The topological polar surface area (TPSA) is 78.3 Å². The van der Waals surface area contributed by atoms with E-state index < -0.39 is 0 Å². The third kappa shape index (κ3) is 2.21. The molecule has 0 radical (unpaired) electrons. The predicted molar refractivity (Wildman–Crippen MR) is 58.0 cm³/mol. The Bertz CT molecular complexity index is 384. The second-order valence-electron chi connectivity index (χ2n) is 2.56. The summed E-state index contributed by atoms with van der Waals surface area (Å²) in [6, 6.07) is 3.51. The summed E-state index contributed by atoms with van der Waals surface area (Å²) in [5, 5.41) is 1.48. The Morgan fingerprint density at radius 3 is 1.57 bits per heavy atom. The lowest BCUT2D eigenvalue weighted by Gasteiger charge is -1.91. The van der Waals surface area contributed by atoms with Crippen LogP contribution in [0.15, 0.2) is 43.7 Å². The Hall–Kier alpha value is -1.14. The van der Waals surface area contributed by atoms with Crippen LogP contribution in [0.25, 0.3) is 0 Å². The predicted octanol–water partition coefficient (Wildman–Crippen LogP) is 2.84. The highest BCUT2D eigenvalue weighted by Gasteiger charge is 2.04. The molecule has 0 atom stereocenters. The van der Waals surface area contributed by atoms with E-state index in [2.05, 4.69) is 0 Å². The van der Waals surface area contributed by atoms with E-state index in [9.17, 15) is 0 Å². The average Bonchev–Trinajstić information content (AvgIpc) is 2.72. The van der Waals surface area contributed by atoms with Crippen molar-refractivity contribution in [1.82, 2.24) is 0 Å². The van der Waals surface area contributed by atoms with Crippen LogP contribution in [0.3, 0.4) is 0 Å². The first-order valence-corrected chi connectivity index (χ1v) is 5.91. The number of furan rings is 2. The third-order valence-electron chi connectivity index (χ3n) is 1.40. The quantitative estimate of drug-likeness (QED) is 0.786. The third-order valence-corrected chi connectivity index (χ3v) is 3.47. The largest absolute Gasteiger partial charge is 0.455 e. The molecule has 0 aromatic carbocycles. The van der Waals surface area contributed by atoms with Gasteiger partial charge in [-0.25, -0.2) is 0 Å². The number of nitrogen functional groups attached to an aromatic ring is 2. The minimum Gasteiger partial charge on any atom is -0.455 e. The van der Waals surface area contributed by atoms with Crippen LogP contribution in [-0.2, 0) is 0 Å². The number of hydrogen-bond donors (Lipinski definition) is 2. The second-order valence-corrected chi connectivity index (χ2v) is 4.70. The van der Waals surface area contributed by atoms with Crippen LogP contribution in [0.2, 0.25) is 0 Å². The van der Waals surface area contributed by atoms with Gasteiger partial charge in [-0.05, 0) is 21.6 Å². The van der Waals surface area contributed by atoms with E-state index in [0.717, 1.165) is 10.2 Å². The van der Waals surface area contributed by atoms with Crippen LogP contribution in [0.4, 0.5) is 11.4 Å². The van der Waals surface area contributed by atoms with Gasteiger partial charge in [0, 0.05) is 12.1 Å². The molecule has 0 unspecified atom stereocenters. The van der Waals surface area contributed by atoms with Gasteiger partial charge in [0.05, 0.1) is 11.4 Å². The summed E-state index contributed by atoms with van der Waals surface area (Å²) in [6.45, 7) is 0. The molecule has 0 aliphatic rings. The van der Waals surface area contributed by atoms with Crippen LogP contribution in [0.5, 0.6) is 0 Å². The molecule has 2 aromatic heterocycles. The standard InChI is InChI=1S/C8H8N2O2S2/c9-5-1-7(11-3-5)13-14-8-2-6(10)4-12-8/h1-4H,9-10H2. The van der Waals surface area contributed by atoms with E-state index in [1.54, 1.807) is 12.1 Å². The summed E-state index contributed by atoms with van der Waals surface area (Å²) in [5.74, 6) is 0. The van der Waals surface area contributed by atoms with Gasteiger partial charge in [-0.1, -0.05) is 0 Å². The molecular formula is C8H8N2O2S2. The number of nitrogens with two attached hydrogens (primary N) is 2. The van der Waals surface area contributed by atoms with E-state index in [4.69, 9.17) is 20.3 Å². The minimum absolute atomic E-state index is 0.618. The Kier molecular flexibility index (Phi) is 2.64. The smallest absolute Gasteiger partial charge is 0.173 e. The average molecular weight is 228 g/mol. The van der Waals surface area contributed by atoms with Crippen molar-refractivity contribution in [1.29, 1.82) is 0 Å². The maximum absolute atomic E-state index is 5.49. The summed E-state index contributed by atoms with van der Waals surface area (Å²) in [5.41, 5.74) is 12.2. The zero-order valence-electron chi connectivity index (χ0n) is 7.10. The molecule has 0 bridgehead atoms. The van der Waals surface area contributed by atoms with Gasteiger partial charge in [-0.15, -0.1) is 0 Å². The molecule has 0 amide bonds. The van der Waals surface area contributed by atoms with Crippen LogP contribution in [0, 0.1) is 0 Å². The van der Waals surface area contributed by atoms with E-state index in [1.165, 1.54) is 34.1 Å². The Balaban J connectivity index is 1.94. The van der Waals surface area contributed by atoms with Gasteiger partial charge >= 0.3 is 0 Å². The number of anilines is 2. The van der Waals surface area contributed by atoms with E-state index in [1.807, 2.05) is 0 Å². The van der Waals surface area contributed by atoms with Crippen LogP contribution in [-0.4, -0.2) is 0 Å². The molecule has 2 aromatic rings. The highest BCUT2D eigenvalue weighted by atomic mass is 33.1. The van der Waals surface area contributed by atoms with Gasteiger partial charge in [-0.2, -0.15) is 0 Å². The van der Waals surface area contributed by atoms with E-state index in [-0.39, 0.29) is 0 Å². The lowest BCUT2D eigenvalue weighted by atomic mass is 10.6. The molecule has 2 heterocycles. The molecule has 74 valence electrons. The van der Waals surface area contributed by atoms with E-state index >= 15 is 0 Å². The molecule has 4 nitrogen and oxygen atoms in total. The number of rotatable bonds is 3. The fourth-order valence-corrected chi connectivity index (χ4v) is 2.55. The van der Waals surface area contributed by atoms with Crippen molar-refractivity contribution >= 4 is 33.0 Å². The summed E-state index contributed by atoms with van der Waals surface area (Å²) >= 11 is 0. The van der Waals surface area contributed by atoms with Gasteiger partial charge < -0.3 is 20.3 Å². The first-order valence-electron chi connectivity index (χ1n) is 3.76. The molecule has 4 N–H and O–H groups in total. The summed E-state index contributed by atoms with van der Waals surface area (Å²) in [4.78, 5) is 0. The van der Waals surface area contributed by atoms with Crippen molar-refractivity contribution in [2.45, 2.75) is 10.2 Å². The Labute approximate surface area is 88.4 Å². The van der Waals surface area contributed by atoms with Crippen molar-refractivity contribution in [2.24, 2.45) is 0 Å². The van der Waals surface area contributed by atoms with Gasteiger partial charge in [-0.3, -0.25) is 0 Å². The van der Waals surface area contributed by atoms with Crippen molar-refractivity contribution in [3.05, 3.63) is 24.7 Å². The first-order chi connectivity index (χ1) is 6.74. The fourth-order valence-electron chi connectivity index (χ4n) is 0.830. The Morgan fingerprint density at radius 2 is 1.29 bits per heavy atom. The van der Waals surface area contributed by atoms with Crippen LogP contribution >= 0.6 is 21.6 Å². The van der Waals surface area contributed by atoms with Gasteiger partial charge in [0.2, 0.25) is 0 Å². The first kappa shape index (κ1) is 9.42. The molecule has 0 saturated carbocycles. The van der Waals surface area contributed by atoms with Crippen molar-refractivity contribution in [3.63, 3.8) is 0 Å². The van der Waals surface area contributed by atoms with Crippen molar-refractivity contribution in [3.8, 4) is 0 Å². The zero-order chi connectivity index (χ0) is 9.97. The van der Waals surface area contributed by atoms with Crippen molar-refractivity contribution < 1.29 is 8.83 Å². The lowest BCUT2D eigenvalue weighted by Crippen LogP contribution is -1.75. The summed E-state index contributed by atoms with van der Waals surface area (Å²) in [7, 11) is 2.86. The summed E-state index contributed by atoms with van der Waals surface area (Å²) in [6.07, 6.45) is 3.00. The highest BCUT2D eigenvalue weighted by molar-refractivity contribution is 8.76. The molecule has 2 rings (SSSR count). The van der Waals surface area contributed by atoms with Crippen LogP contribution in [0.1, 0.15) is 0 Å². The lowest BCUT2D eigenvalue weighted by molar-refractivity contribution is 0.473. The van der Waals surface area contributed by atoms with Gasteiger partial charge in [0.15, 0.2) is 10.2 Å². The summed E-state index contributed by atoms with van der Waals surface area (Å²) < 4.78 is 10.3. The molecular weight excluding hydrogens is 220 g/mol. The molecule has 6 heteroatoms. The molecule has 0 fully saturated rings. The van der Waals surface area contributed by atoms with E-state index in [0.29, 0.717) is 11.4 Å². The normalized spacial score (nSPS) is 10.6. The van der Waals surface area contributed by atoms with Crippen molar-refractivity contribution in [2.75, 3.05) is 11.5 Å². The maximum atomic E-state index is 5.49. The molecule has 0 aliphatic carbocycles. The van der Waals surface area contributed by atoms with Gasteiger partial charge in [0.1, 0.15) is 12.5 Å². The molecule has 0 saturated heterocycles. The fraction of sp³-hybridized carbons (Fsp3) is 0. The van der Waals surface area contributed by atoms with Gasteiger partial charge in [0.25, 0.3) is 0 Å². The minimum atomic E-state index is 0.618. The molecule has 0 aliphatic heterocycles.